The second-order valence-electron chi connectivity index (χ2n) is 28.2. The van der Waals surface area contributed by atoms with Crippen molar-refractivity contribution in [2.75, 3.05) is 55.9 Å². The highest BCUT2D eigenvalue weighted by Crippen LogP contribution is 2.27. The molecule has 0 saturated carbocycles. The summed E-state index contributed by atoms with van der Waals surface area (Å²) in [5.74, 6) is -11.8. The molecule has 0 bridgehead atoms. The molecule has 94 heavy (non-hydrogen) atoms. The first-order chi connectivity index (χ1) is 43.5. The lowest BCUT2D eigenvalue weighted by Crippen LogP contribution is -2.63. The number of hydrogen-bond donors (Lipinski definition) is 7. The molecule has 528 valence electrons. The van der Waals surface area contributed by atoms with Crippen LogP contribution in [0.5, 0.6) is 0 Å². The van der Waals surface area contributed by atoms with Gasteiger partial charge in [0, 0.05) is 55.8 Å². The Balaban J connectivity index is 2.34. The van der Waals surface area contributed by atoms with Gasteiger partial charge in [0.15, 0.2) is 0 Å². The molecule has 1 saturated heterocycles. The van der Waals surface area contributed by atoms with Crippen molar-refractivity contribution < 1.29 is 67.7 Å². The summed E-state index contributed by atoms with van der Waals surface area (Å²) in [6.45, 7) is 27.0. The minimum absolute atomic E-state index is 0.0542. The Morgan fingerprint density at radius 3 is 1.47 bits per heavy atom. The van der Waals surface area contributed by atoms with Crippen LogP contribution in [0.1, 0.15) is 159 Å². The molecule has 1 aliphatic rings. The van der Waals surface area contributed by atoms with Gasteiger partial charge in [0.05, 0.1) is 29.2 Å². The highest BCUT2D eigenvalue weighted by Gasteiger charge is 2.46. The van der Waals surface area contributed by atoms with Gasteiger partial charge in [-0.3, -0.25) is 52.7 Å². The van der Waals surface area contributed by atoms with Crippen molar-refractivity contribution in [2.45, 2.75) is 216 Å². The molecule has 12 atom stereocenters. The molecule has 2 heterocycles. The average Bonchev–Trinajstić information content (AvgIpc) is 1.21. The summed E-state index contributed by atoms with van der Waals surface area (Å²) in [5, 5.41) is 33.4. The van der Waals surface area contributed by atoms with Crippen LogP contribution in [0, 0.1) is 41.4 Å². The summed E-state index contributed by atoms with van der Waals surface area (Å²) in [6.07, 6.45) is -1.40. The molecule has 3 rings (SSSR count). The Morgan fingerprint density at radius 2 is 0.979 bits per heavy atom. The average molecular weight is 1320 g/mol. The number of likely N-dealkylation sites (N-methyl/N-ethyl adjacent to an activating group) is 7. The number of aromatic carboxylic acids is 1. The third-order valence-corrected chi connectivity index (χ3v) is 17.6. The number of aliphatic hydroxyl groups excluding tert-OH is 1. The van der Waals surface area contributed by atoms with Gasteiger partial charge in [-0.2, -0.15) is 0 Å². The number of aromatic nitrogens is 2. The van der Waals surface area contributed by atoms with Crippen LogP contribution in [0.4, 0.5) is 0 Å². The summed E-state index contributed by atoms with van der Waals surface area (Å²) < 4.78 is 0. The van der Waals surface area contributed by atoms with Crippen LogP contribution >= 0.6 is 0 Å². The Bertz CT molecular complexity index is 3020. The largest absolute Gasteiger partial charge is 0.478 e. The van der Waals surface area contributed by atoms with E-state index < -0.39 is 162 Å². The summed E-state index contributed by atoms with van der Waals surface area (Å²) in [7, 11) is 9.69. The molecule has 7 N–H and O–H groups in total. The van der Waals surface area contributed by atoms with E-state index in [1.54, 1.807) is 47.6 Å². The monoisotopic (exact) mass is 1320 g/mol. The van der Waals surface area contributed by atoms with E-state index in [2.05, 4.69) is 31.2 Å². The predicted molar refractivity (Wildman–Crippen MR) is 356 cm³/mol. The first kappa shape index (κ1) is 80.5. The number of fused-ring (bicyclic) bond motifs is 1. The molecule has 27 heteroatoms. The van der Waals surface area contributed by atoms with E-state index >= 15 is 19.2 Å². The maximum Gasteiger partial charge on any atom is 0.337 e. The standard InChI is InChI=1S/C67H111N13O14/c1-24-44-62(88)74(17)33-51(81)75(18)46(28-34(2)3)59(85)73-52(38(10)11)65(91)76(19)47(29-35(4)5)58(84)68-41(15)57(83)69-42(16)61(87)77(20)48(30-36(6)7)63(89)78(21)49(31-37(8)9)64(90)79(22)54(39(12)13)66(92)80(23)55(60(86)71-44)56(82)40(14)32-50-70-45-27-25-26-43(67(93)94)53(45)72-50/h25-27,34-42,44,46-49,52,54-56,82H,24,28-33H2,1-23H3,(H,68,84)(H,69,83)(H,70,72)(H,71,86)(H,73,85)(H,93,94)/t40-,41+,42-,44+,46+,47+,48+,49+,52+,54+,55+,56-/m1/s1. The number of rotatable bonds is 16. The lowest BCUT2D eigenvalue weighted by atomic mass is 9.91. The fourth-order valence-corrected chi connectivity index (χ4v) is 12.0. The SMILES string of the molecule is CC[C@@H]1NC(=O)[C@H]([C@H](O)[C@H](C)Cc2nc3cccc(C(=O)O)c3[nH]2)N(C)C(=O)[C@H](C(C)C)N(C)C(=O)[C@H](CC(C)C)N(C)C(=O)[C@H](CC(C)C)N(C)C(=O)[C@@H](C)NC(=O)[C@H](C)NC(=O)[C@H](CC(C)C)N(C)C(=O)[C@H](C(C)C)NC(=O)[C@H](CC(C)C)N(C)C(=O)CN(C)C1=O. The van der Waals surface area contributed by atoms with Gasteiger partial charge in [0.1, 0.15) is 66.2 Å². The number of benzene rings is 1. The van der Waals surface area contributed by atoms with Crippen molar-refractivity contribution in [3.63, 3.8) is 0 Å². The molecule has 2 aromatic rings. The number of imidazole rings is 1. The van der Waals surface area contributed by atoms with E-state index in [-0.39, 0.29) is 79.1 Å². The van der Waals surface area contributed by atoms with E-state index in [9.17, 15) is 48.6 Å². The van der Waals surface area contributed by atoms with E-state index in [0.717, 1.165) is 9.80 Å². The normalized spacial score (nSPS) is 25.4. The highest BCUT2D eigenvalue weighted by molar-refractivity contribution is 6.02. The summed E-state index contributed by atoms with van der Waals surface area (Å²) in [4.78, 5) is 190. The van der Waals surface area contributed by atoms with Crippen molar-refractivity contribution in [1.82, 2.24) is 65.5 Å². The molecule has 1 fully saturated rings. The minimum Gasteiger partial charge on any atom is -0.478 e. The number of para-hydroxylation sites is 1. The Kier molecular flexibility index (Phi) is 30.1. The van der Waals surface area contributed by atoms with Crippen LogP contribution < -0.4 is 21.3 Å². The number of aromatic amines is 1. The van der Waals surface area contributed by atoms with Gasteiger partial charge in [-0.1, -0.05) is 103 Å². The van der Waals surface area contributed by atoms with Gasteiger partial charge in [-0.25, -0.2) is 9.78 Å². The number of aliphatic hydroxyl groups is 1. The lowest BCUT2D eigenvalue weighted by Gasteiger charge is -2.41. The Morgan fingerprint density at radius 1 is 0.521 bits per heavy atom. The highest BCUT2D eigenvalue weighted by atomic mass is 16.4. The molecule has 0 spiro atoms. The molecule has 1 aromatic heterocycles. The van der Waals surface area contributed by atoms with Gasteiger partial charge in [0.25, 0.3) is 0 Å². The Labute approximate surface area is 555 Å². The number of carboxylic acids is 1. The van der Waals surface area contributed by atoms with Crippen molar-refractivity contribution in [3.8, 4) is 0 Å². The minimum atomic E-state index is -1.80. The first-order valence-electron chi connectivity index (χ1n) is 33.0. The van der Waals surface area contributed by atoms with Gasteiger partial charge in [-0.05, 0) is 99.5 Å². The molecule has 0 aliphatic carbocycles. The molecule has 11 amide bonds. The third kappa shape index (κ3) is 20.6. The zero-order valence-electron chi connectivity index (χ0n) is 59.9. The number of carbonyl (C=O) groups is 12. The molecule has 27 nitrogen and oxygen atoms in total. The zero-order chi connectivity index (χ0) is 72.0. The second kappa shape index (κ2) is 35.2. The van der Waals surface area contributed by atoms with E-state index in [4.69, 9.17) is 0 Å². The number of nitrogens with one attached hydrogen (secondary N) is 5. The predicted octanol–water partition coefficient (Wildman–Crippen LogP) is 3.12. The van der Waals surface area contributed by atoms with E-state index in [1.807, 2.05) is 55.4 Å². The van der Waals surface area contributed by atoms with Crippen LogP contribution in [0.25, 0.3) is 11.0 Å². The van der Waals surface area contributed by atoms with Crippen molar-refractivity contribution >= 4 is 82.0 Å². The zero-order valence-corrected chi connectivity index (χ0v) is 59.9. The number of nitrogens with zero attached hydrogens (tertiary/aromatic N) is 8. The maximum atomic E-state index is 15.4. The van der Waals surface area contributed by atoms with Crippen molar-refractivity contribution in [1.29, 1.82) is 0 Å². The number of amides is 11. The quantitative estimate of drug-likeness (QED) is 0.127. The molecular formula is C67H111N13O14. The van der Waals surface area contributed by atoms with Gasteiger partial charge >= 0.3 is 5.97 Å². The van der Waals surface area contributed by atoms with E-state index in [0.29, 0.717) is 5.52 Å². The summed E-state index contributed by atoms with van der Waals surface area (Å²) in [6, 6.07) is -8.45. The Hall–Kier alpha value is -7.71. The number of carboxylic acid groups (broad SMARTS) is 1. The smallest absolute Gasteiger partial charge is 0.337 e. The van der Waals surface area contributed by atoms with Crippen LogP contribution in [0.15, 0.2) is 18.2 Å². The van der Waals surface area contributed by atoms with Crippen molar-refractivity contribution in [2.24, 2.45) is 41.4 Å². The van der Waals surface area contributed by atoms with E-state index in [1.165, 1.54) is 99.8 Å². The first-order valence-corrected chi connectivity index (χ1v) is 33.0. The third-order valence-electron chi connectivity index (χ3n) is 17.6. The van der Waals surface area contributed by atoms with Gasteiger partial charge in [-0.15, -0.1) is 0 Å². The van der Waals surface area contributed by atoms with Crippen LogP contribution in [0.3, 0.4) is 0 Å². The second-order valence-corrected chi connectivity index (χ2v) is 28.2. The molecular weight excluding hydrogens is 1210 g/mol. The fourth-order valence-electron chi connectivity index (χ4n) is 12.0. The fraction of sp³-hybridized carbons (Fsp3) is 0.716. The number of H-pyrrole nitrogens is 1. The summed E-state index contributed by atoms with van der Waals surface area (Å²) >= 11 is 0. The topological polar surface area (TPSA) is 345 Å². The lowest BCUT2D eigenvalue weighted by molar-refractivity contribution is -0.157. The van der Waals surface area contributed by atoms with Crippen LogP contribution in [-0.4, -0.2) is 248 Å². The van der Waals surface area contributed by atoms with Crippen LogP contribution in [0.2, 0.25) is 0 Å². The summed E-state index contributed by atoms with van der Waals surface area (Å²) in [5.41, 5.74) is 0.492. The van der Waals surface area contributed by atoms with Gasteiger partial charge in [0.2, 0.25) is 65.0 Å². The molecule has 0 radical (unpaired) electrons. The van der Waals surface area contributed by atoms with Gasteiger partial charge < -0.3 is 70.8 Å². The number of hydrogen-bond acceptors (Lipinski definition) is 14. The molecule has 1 aromatic carbocycles. The van der Waals surface area contributed by atoms with Crippen molar-refractivity contribution in [3.05, 3.63) is 29.6 Å². The van der Waals surface area contributed by atoms with Crippen LogP contribution in [-0.2, 0) is 59.2 Å². The molecule has 1 aliphatic heterocycles. The maximum absolute atomic E-state index is 15.4. The number of carbonyl (C=O) groups excluding carboxylic acids is 11. The molecule has 0 unspecified atom stereocenters.